The largest absolute Gasteiger partial charge is 0.379 e. The molecule has 1 aliphatic heterocycles. The van der Waals surface area contributed by atoms with Crippen molar-refractivity contribution in [2.75, 3.05) is 45.9 Å². The van der Waals surface area contributed by atoms with Crippen molar-refractivity contribution in [3.05, 3.63) is 64.4 Å². The van der Waals surface area contributed by atoms with Crippen LogP contribution >= 0.6 is 0 Å². The lowest BCUT2D eigenvalue weighted by atomic mass is 10.1. The van der Waals surface area contributed by atoms with Gasteiger partial charge in [-0.3, -0.25) is 15.0 Å². The quantitative estimate of drug-likeness (QED) is 0.517. The number of hydrogen-bond donors (Lipinski definition) is 2. The summed E-state index contributed by atoms with van der Waals surface area (Å²) in [5, 5.41) is 12.6. The van der Waals surface area contributed by atoms with Crippen molar-refractivity contribution in [2.45, 2.75) is 13.8 Å². The van der Waals surface area contributed by atoms with E-state index in [9.17, 15) is 0 Å². The van der Waals surface area contributed by atoms with E-state index in [0.717, 1.165) is 84.8 Å². The summed E-state index contributed by atoms with van der Waals surface area (Å²) in [5.41, 5.74) is 5.63. The zero-order valence-electron chi connectivity index (χ0n) is 19.5. The number of morpholine rings is 1. The van der Waals surface area contributed by atoms with Crippen molar-refractivity contribution in [3.8, 4) is 22.6 Å². The van der Waals surface area contributed by atoms with Crippen LogP contribution in [0.1, 0.15) is 12.6 Å². The smallest absolute Gasteiger partial charge is 0.0928 e. The molecule has 0 radical (unpaired) electrons. The fourth-order valence-corrected chi connectivity index (χ4v) is 3.84. The van der Waals surface area contributed by atoms with Crippen LogP contribution in [-0.2, 0) is 4.74 Å². The van der Waals surface area contributed by atoms with Gasteiger partial charge in [-0.2, -0.15) is 5.10 Å². The van der Waals surface area contributed by atoms with Crippen LogP contribution < -0.4 is 15.9 Å². The molecule has 2 N–H and O–H groups in total. The molecule has 0 aliphatic carbocycles. The predicted octanol–water partition coefficient (Wildman–Crippen LogP) is 1.90. The Kier molecular flexibility index (Phi) is 7.78. The van der Waals surface area contributed by atoms with Gasteiger partial charge in [-0.05, 0) is 48.9 Å². The number of hydrogen-bond acceptors (Lipinski definition) is 6. The molecule has 1 fully saturated rings. The van der Waals surface area contributed by atoms with E-state index in [-0.39, 0.29) is 0 Å². The Hall–Kier alpha value is -3.13. The monoisotopic (exact) mass is 444 g/mol. The standard InChI is InChI=1S/C26H32N6O/c1-4-21(17-27-10-11-32-12-14-33-15-13-32)16-25-19(2)8-9-23(30-25)22-18-28-31-26(22)24-7-5-6-20(3)29-24/h4-9,16,18,27H,2,10-15,17H2,1,3H3,(H,28,31)/b21-4+,25-16+. The lowest BCUT2D eigenvalue weighted by Gasteiger charge is -2.26. The summed E-state index contributed by atoms with van der Waals surface area (Å²) >= 11 is 0. The van der Waals surface area contributed by atoms with Gasteiger partial charge >= 0.3 is 0 Å². The second-order valence-corrected chi connectivity index (χ2v) is 8.20. The van der Waals surface area contributed by atoms with Crippen LogP contribution in [0.25, 0.3) is 35.3 Å². The first-order valence-electron chi connectivity index (χ1n) is 11.5. The molecule has 7 heteroatoms. The summed E-state index contributed by atoms with van der Waals surface area (Å²) in [7, 11) is 0. The summed E-state index contributed by atoms with van der Waals surface area (Å²) in [5.74, 6) is 0. The third kappa shape index (κ3) is 6.01. The van der Waals surface area contributed by atoms with E-state index in [1.807, 2.05) is 37.3 Å². The number of aromatic nitrogens is 4. The molecule has 172 valence electrons. The van der Waals surface area contributed by atoms with Crippen LogP contribution in [0.4, 0.5) is 0 Å². The Bertz CT molecular complexity index is 1210. The Morgan fingerprint density at radius 2 is 2.03 bits per heavy atom. The molecule has 0 bridgehead atoms. The van der Waals surface area contributed by atoms with Crippen LogP contribution in [0.2, 0.25) is 0 Å². The third-order valence-electron chi connectivity index (χ3n) is 5.80. The second kappa shape index (κ2) is 11.1. The molecule has 0 unspecified atom stereocenters. The highest BCUT2D eigenvalue weighted by Crippen LogP contribution is 2.26. The number of ether oxygens (including phenoxy) is 1. The topological polar surface area (TPSA) is 79.0 Å². The first-order valence-corrected chi connectivity index (χ1v) is 11.5. The van der Waals surface area contributed by atoms with E-state index in [4.69, 9.17) is 9.72 Å². The molecule has 1 saturated heterocycles. The van der Waals surface area contributed by atoms with E-state index in [0.29, 0.717) is 0 Å². The van der Waals surface area contributed by atoms with Gasteiger partial charge in [0.1, 0.15) is 0 Å². The molecule has 0 atom stereocenters. The van der Waals surface area contributed by atoms with Crippen LogP contribution in [0.3, 0.4) is 0 Å². The molecule has 4 rings (SSSR count). The number of aryl methyl sites for hydroxylation is 1. The minimum Gasteiger partial charge on any atom is -0.379 e. The molecule has 7 nitrogen and oxygen atoms in total. The first-order chi connectivity index (χ1) is 16.1. The number of aromatic amines is 1. The number of nitrogens with one attached hydrogen (secondary N) is 2. The lowest BCUT2D eigenvalue weighted by Crippen LogP contribution is -2.40. The normalized spacial score (nSPS) is 15.8. The van der Waals surface area contributed by atoms with Crippen molar-refractivity contribution in [1.29, 1.82) is 0 Å². The van der Waals surface area contributed by atoms with E-state index in [2.05, 4.69) is 51.1 Å². The molecule has 3 aromatic heterocycles. The van der Waals surface area contributed by atoms with Gasteiger partial charge < -0.3 is 10.1 Å². The fraction of sp³-hybridized carbons (Fsp3) is 0.346. The molecule has 3 aromatic rings. The molecular weight excluding hydrogens is 412 g/mol. The van der Waals surface area contributed by atoms with Crippen molar-refractivity contribution in [1.82, 2.24) is 30.4 Å². The van der Waals surface area contributed by atoms with Gasteiger partial charge in [0.05, 0.1) is 41.8 Å². The molecule has 0 spiro atoms. The van der Waals surface area contributed by atoms with E-state index in [1.54, 1.807) is 6.20 Å². The Labute approximate surface area is 194 Å². The molecule has 0 amide bonds. The minimum absolute atomic E-state index is 0.788. The van der Waals surface area contributed by atoms with Crippen molar-refractivity contribution >= 4 is 12.7 Å². The maximum atomic E-state index is 5.41. The maximum Gasteiger partial charge on any atom is 0.0928 e. The molecule has 4 heterocycles. The van der Waals surface area contributed by atoms with Crippen LogP contribution in [0, 0.1) is 6.92 Å². The van der Waals surface area contributed by atoms with Crippen LogP contribution in [-0.4, -0.2) is 71.0 Å². The number of rotatable bonds is 8. The Morgan fingerprint density at radius 1 is 1.18 bits per heavy atom. The third-order valence-corrected chi connectivity index (χ3v) is 5.80. The predicted molar refractivity (Wildman–Crippen MR) is 133 cm³/mol. The zero-order chi connectivity index (χ0) is 23.0. The van der Waals surface area contributed by atoms with Gasteiger partial charge in [-0.25, -0.2) is 4.98 Å². The van der Waals surface area contributed by atoms with Gasteiger partial charge in [0.25, 0.3) is 0 Å². The first kappa shape index (κ1) is 23.0. The average Bonchev–Trinajstić information content (AvgIpc) is 3.33. The van der Waals surface area contributed by atoms with Crippen LogP contribution in [0.5, 0.6) is 0 Å². The summed E-state index contributed by atoms with van der Waals surface area (Å²) in [4.78, 5) is 12.0. The molecular formula is C26H32N6O. The molecule has 0 saturated carbocycles. The van der Waals surface area contributed by atoms with Crippen LogP contribution in [0.15, 0.2) is 48.2 Å². The minimum atomic E-state index is 0.788. The van der Waals surface area contributed by atoms with Gasteiger partial charge in [-0.1, -0.05) is 24.8 Å². The zero-order valence-corrected chi connectivity index (χ0v) is 19.5. The van der Waals surface area contributed by atoms with E-state index in [1.165, 1.54) is 5.57 Å². The number of nitrogens with zero attached hydrogens (tertiary/aromatic N) is 4. The van der Waals surface area contributed by atoms with Gasteiger partial charge in [0.2, 0.25) is 0 Å². The summed E-state index contributed by atoms with van der Waals surface area (Å²) < 4.78 is 5.41. The number of pyridine rings is 2. The molecule has 33 heavy (non-hydrogen) atoms. The molecule has 1 aliphatic rings. The van der Waals surface area contributed by atoms with Gasteiger partial charge in [0, 0.05) is 44.0 Å². The SMILES string of the molecule is C=c1ccc(-c2cn[nH]c2-c2cccc(C)n2)n/c1=C/C(=C\C)CNCCN1CCOCC1. The highest BCUT2D eigenvalue weighted by Gasteiger charge is 2.13. The summed E-state index contributed by atoms with van der Waals surface area (Å²) in [6, 6.07) is 9.95. The summed E-state index contributed by atoms with van der Waals surface area (Å²) in [6.07, 6.45) is 6.03. The van der Waals surface area contributed by atoms with Crippen molar-refractivity contribution in [2.24, 2.45) is 0 Å². The van der Waals surface area contributed by atoms with Crippen molar-refractivity contribution in [3.63, 3.8) is 0 Å². The Morgan fingerprint density at radius 3 is 2.82 bits per heavy atom. The lowest BCUT2D eigenvalue weighted by molar-refractivity contribution is 0.0385. The highest BCUT2D eigenvalue weighted by atomic mass is 16.5. The average molecular weight is 445 g/mol. The van der Waals surface area contributed by atoms with E-state index < -0.39 is 0 Å². The Balaban J connectivity index is 1.50. The second-order valence-electron chi connectivity index (χ2n) is 8.20. The number of allylic oxidation sites excluding steroid dienone is 1. The summed E-state index contributed by atoms with van der Waals surface area (Å²) in [6.45, 7) is 14.7. The highest BCUT2D eigenvalue weighted by molar-refractivity contribution is 5.76. The number of H-pyrrole nitrogens is 1. The van der Waals surface area contributed by atoms with Crippen molar-refractivity contribution < 1.29 is 4.74 Å². The van der Waals surface area contributed by atoms with E-state index >= 15 is 0 Å². The maximum absolute atomic E-state index is 5.41. The van der Waals surface area contributed by atoms with Gasteiger partial charge in [-0.15, -0.1) is 0 Å². The molecule has 0 aromatic carbocycles. The van der Waals surface area contributed by atoms with Gasteiger partial charge in [0.15, 0.2) is 0 Å². The fourth-order valence-electron chi connectivity index (χ4n) is 3.84.